The number of nitrogens with one attached hydrogen (secondary N) is 2. The summed E-state index contributed by atoms with van der Waals surface area (Å²) >= 11 is 0. The molecule has 16 heavy (non-hydrogen) atoms. The minimum atomic E-state index is -0.0393. The van der Waals surface area contributed by atoms with Gasteiger partial charge in [0.05, 0.1) is 5.69 Å². The van der Waals surface area contributed by atoms with Crippen LogP contribution in [0.15, 0.2) is 10.9 Å². The van der Waals surface area contributed by atoms with Crippen LogP contribution in [-0.2, 0) is 6.54 Å². The fourth-order valence-electron chi connectivity index (χ4n) is 1.52. The van der Waals surface area contributed by atoms with E-state index in [1.54, 1.807) is 6.07 Å². The lowest BCUT2D eigenvalue weighted by Gasteiger charge is -2.20. The van der Waals surface area contributed by atoms with Crippen molar-refractivity contribution in [3.63, 3.8) is 0 Å². The Morgan fingerprint density at radius 1 is 1.50 bits per heavy atom. The minimum Gasteiger partial charge on any atom is -0.310 e. The Labute approximate surface area is 95.5 Å². The zero-order valence-corrected chi connectivity index (χ0v) is 10.1. The lowest BCUT2D eigenvalue weighted by molar-refractivity contribution is 0.420. The number of rotatable bonds is 3. The summed E-state index contributed by atoms with van der Waals surface area (Å²) in [7, 11) is 0. The van der Waals surface area contributed by atoms with Gasteiger partial charge in [0.1, 0.15) is 5.82 Å². The van der Waals surface area contributed by atoms with Crippen molar-refractivity contribution >= 4 is 0 Å². The van der Waals surface area contributed by atoms with Gasteiger partial charge in [-0.05, 0) is 33.6 Å². The van der Waals surface area contributed by atoms with Crippen molar-refractivity contribution in [3.8, 4) is 0 Å². The molecule has 1 aromatic heterocycles. The van der Waals surface area contributed by atoms with E-state index >= 15 is 0 Å². The Hall–Kier alpha value is -1.16. The molecule has 1 aliphatic carbocycles. The highest BCUT2D eigenvalue weighted by Gasteiger charge is 2.26. The number of hydrogen-bond acceptors (Lipinski definition) is 3. The smallest absolute Gasteiger partial charge is 0.251 e. The molecular weight excluding hydrogens is 202 g/mol. The average molecular weight is 221 g/mol. The normalized spacial score (nSPS) is 16.4. The van der Waals surface area contributed by atoms with Crippen molar-refractivity contribution in [3.05, 3.63) is 27.9 Å². The fourth-order valence-corrected chi connectivity index (χ4v) is 1.52. The second kappa shape index (κ2) is 4.01. The number of hydrogen-bond donors (Lipinski definition) is 2. The molecule has 1 saturated carbocycles. The molecule has 1 heterocycles. The van der Waals surface area contributed by atoms with E-state index in [2.05, 4.69) is 36.1 Å². The van der Waals surface area contributed by atoms with Crippen LogP contribution in [0.5, 0.6) is 0 Å². The largest absolute Gasteiger partial charge is 0.310 e. The Kier molecular flexibility index (Phi) is 2.84. The molecule has 1 fully saturated rings. The Morgan fingerprint density at radius 2 is 2.19 bits per heavy atom. The summed E-state index contributed by atoms with van der Waals surface area (Å²) in [5.74, 6) is 1.35. The fraction of sp³-hybridized carbons (Fsp3) is 0.667. The van der Waals surface area contributed by atoms with Crippen molar-refractivity contribution in [1.82, 2.24) is 15.3 Å². The van der Waals surface area contributed by atoms with Crippen LogP contribution in [0, 0.1) is 0 Å². The molecule has 0 aliphatic heterocycles. The van der Waals surface area contributed by atoms with Gasteiger partial charge in [-0.15, -0.1) is 0 Å². The predicted octanol–water partition coefficient (Wildman–Crippen LogP) is 1.54. The van der Waals surface area contributed by atoms with Gasteiger partial charge in [0.2, 0.25) is 0 Å². The summed E-state index contributed by atoms with van der Waals surface area (Å²) < 4.78 is 0. The molecule has 0 atom stereocenters. The third-order valence-corrected chi connectivity index (χ3v) is 2.58. The Morgan fingerprint density at radius 3 is 2.75 bits per heavy atom. The first-order valence-electron chi connectivity index (χ1n) is 5.79. The minimum absolute atomic E-state index is 0.0393. The first-order chi connectivity index (χ1) is 7.44. The maximum absolute atomic E-state index is 11.4. The molecule has 2 N–H and O–H groups in total. The molecule has 0 aromatic carbocycles. The molecule has 0 unspecified atom stereocenters. The van der Waals surface area contributed by atoms with E-state index in [1.807, 2.05) is 0 Å². The quantitative estimate of drug-likeness (QED) is 0.814. The number of H-pyrrole nitrogens is 1. The molecule has 1 aromatic rings. The highest BCUT2D eigenvalue weighted by atomic mass is 16.1. The summed E-state index contributed by atoms with van der Waals surface area (Å²) in [6.07, 6.45) is 2.30. The summed E-state index contributed by atoms with van der Waals surface area (Å²) in [5, 5.41) is 3.34. The second-order valence-corrected chi connectivity index (χ2v) is 5.50. The Balaban J connectivity index is 2.11. The molecule has 2 rings (SSSR count). The molecule has 1 aliphatic rings. The monoisotopic (exact) mass is 221 g/mol. The molecule has 0 radical (unpaired) electrons. The first kappa shape index (κ1) is 11.3. The van der Waals surface area contributed by atoms with Gasteiger partial charge in [0.15, 0.2) is 0 Å². The van der Waals surface area contributed by atoms with E-state index in [0.717, 1.165) is 24.4 Å². The van der Waals surface area contributed by atoms with Crippen molar-refractivity contribution < 1.29 is 0 Å². The number of aromatic amines is 1. The standard InChI is InChI=1S/C12H19N3O/c1-12(2,3)13-7-9-6-10(16)15-11(14-9)8-4-5-8/h6,8,13H,4-5,7H2,1-3H3,(H,14,15,16). The van der Waals surface area contributed by atoms with Crippen LogP contribution in [0.1, 0.15) is 51.0 Å². The van der Waals surface area contributed by atoms with E-state index in [4.69, 9.17) is 0 Å². The van der Waals surface area contributed by atoms with Crippen LogP contribution in [-0.4, -0.2) is 15.5 Å². The zero-order valence-electron chi connectivity index (χ0n) is 10.1. The van der Waals surface area contributed by atoms with Crippen LogP contribution >= 0.6 is 0 Å². The average Bonchev–Trinajstić information content (AvgIpc) is 2.95. The molecule has 0 bridgehead atoms. The molecular formula is C12H19N3O. The van der Waals surface area contributed by atoms with Gasteiger partial charge in [0, 0.05) is 24.1 Å². The van der Waals surface area contributed by atoms with Crippen molar-refractivity contribution in [1.29, 1.82) is 0 Å². The van der Waals surface area contributed by atoms with Gasteiger partial charge >= 0.3 is 0 Å². The molecule has 0 spiro atoms. The van der Waals surface area contributed by atoms with Gasteiger partial charge < -0.3 is 10.3 Å². The maximum atomic E-state index is 11.4. The summed E-state index contributed by atoms with van der Waals surface area (Å²) in [6.45, 7) is 6.94. The van der Waals surface area contributed by atoms with Crippen LogP contribution < -0.4 is 10.9 Å². The number of aromatic nitrogens is 2. The molecule has 88 valence electrons. The van der Waals surface area contributed by atoms with Crippen LogP contribution in [0.4, 0.5) is 0 Å². The van der Waals surface area contributed by atoms with Gasteiger partial charge in [-0.1, -0.05) is 0 Å². The molecule has 0 saturated heterocycles. The predicted molar refractivity (Wildman–Crippen MR) is 63.4 cm³/mol. The van der Waals surface area contributed by atoms with Crippen molar-refractivity contribution in [2.75, 3.05) is 0 Å². The molecule has 4 heteroatoms. The van der Waals surface area contributed by atoms with Crippen LogP contribution in [0.3, 0.4) is 0 Å². The van der Waals surface area contributed by atoms with E-state index < -0.39 is 0 Å². The third kappa shape index (κ3) is 3.17. The summed E-state index contributed by atoms with van der Waals surface area (Å²) in [6, 6.07) is 1.57. The molecule has 4 nitrogen and oxygen atoms in total. The summed E-state index contributed by atoms with van der Waals surface area (Å²) in [5.41, 5.74) is 0.840. The molecule has 0 amide bonds. The first-order valence-corrected chi connectivity index (χ1v) is 5.79. The van der Waals surface area contributed by atoms with E-state index in [9.17, 15) is 4.79 Å². The van der Waals surface area contributed by atoms with Gasteiger partial charge in [0.25, 0.3) is 5.56 Å². The van der Waals surface area contributed by atoms with Crippen molar-refractivity contribution in [2.24, 2.45) is 0 Å². The third-order valence-electron chi connectivity index (χ3n) is 2.58. The van der Waals surface area contributed by atoms with Gasteiger partial charge in [-0.2, -0.15) is 0 Å². The van der Waals surface area contributed by atoms with E-state index in [1.165, 1.54) is 0 Å². The lowest BCUT2D eigenvalue weighted by Crippen LogP contribution is -2.35. The van der Waals surface area contributed by atoms with E-state index in [0.29, 0.717) is 12.5 Å². The Bertz CT molecular complexity index is 427. The second-order valence-electron chi connectivity index (χ2n) is 5.50. The SMILES string of the molecule is CC(C)(C)NCc1cc(=O)[nH]c(C2CC2)n1. The lowest BCUT2D eigenvalue weighted by atomic mass is 10.1. The van der Waals surface area contributed by atoms with Crippen molar-refractivity contribution in [2.45, 2.75) is 51.6 Å². The summed E-state index contributed by atoms with van der Waals surface area (Å²) in [4.78, 5) is 18.7. The zero-order chi connectivity index (χ0) is 11.8. The maximum Gasteiger partial charge on any atom is 0.251 e. The highest BCUT2D eigenvalue weighted by molar-refractivity contribution is 5.10. The van der Waals surface area contributed by atoms with E-state index in [-0.39, 0.29) is 11.1 Å². The number of nitrogens with zero attached hydrogens (tertiary/aromatic N) is 1. The topological polar surface area (TPSA) is 57.8 Å². The van der Waals surface area contributed by atoms with Gasteiger partial charge in [-0.3, -0.25) is 4.79 Å². The highest BCUT2D eigenvalue weighted by Crippen LogP contribution is 2.37. The van der Waals surface area contributed by atoms with Crippen LogP contribution in [0.25, 0.3) is 0 Å². The van der Waals surface area contributed by atoms with Crippen LogP contribution in [0.2, 0.25) is 0 Å². The van der Waals surface area contributed by atoms with Gasteiger partial charge in [-0.25, -0.2) is 4.98 Å².